The molecule has 2 aliphatic heterocycles. The zero-order chi connectivity index (χ0) is 19.4. The van der Waals surface area contributed by atoms with Gasteiger partial charge in [0.1, 0.15) is 5.82 Å². The molecule has 3 rings (SSSR count). The fourth-order valence-electron chi connectivity index (χ4n) is 3.20. The van der Waals surface area contributed by atoms with Crippen molar-refractivity contribution in [3.63, 3.8) is 0 Å². The highest BCUT2D eigenvalue weighted by molar-refractivity contribution is 5.94. The first kappa shape index (κ1) is 19.2. The fraction of sp³-hybridized carbons (Fsp3) is 0.474. The van der Waals surface area contributed by atoms with Gasteiger partial charge < -0.3 is 15.1 Å². The van der Waals surface area contributed by atoms with E-state index < -0.39 is 0 Å². The van der Waals surface area contributed by atoms with Crippen LogP contribution in [-0.2, 0) is 20.9 Å². The number of hydrogen-bond acceptors (Lipinski definition) is 6. The van der Waals surface area contributed by atoms with Gasteiger partial charge in [0.05, 0.1) is 13.1 Å². The number of fused-ring (bicyclic) bond motifs is 1. The van der Waals surface area contributed by atoms with E-state index in [0.29, 0.717) is 25.5 Å². The molecule has 8 nitrogen and oxygen atoms in total. The molecule has 1 N–H and O–H groups in total. The number of nitrogens with zero attached hydrogens (tertiary/aromatic N) is 4. The van der Waals surface area contributed by atoms with Crippen LogP contribution in [-0.4, -0.2) is 83.6 Å². The number of amides is 2. The number of piperazine rings is 1. The molecule has 0 aromatic carbocycles. The van der Waals surface area contributed by atoms with E-state index in [-0.39, 0.29) is 30.7 Å². The second-order valence-corrected chi connectivity index (χ2v) is 7.10. The van der Waals surface area contributed by atoms with Crippen LogP contribution in [0.15, 0.2) is 18.3 Å². The van der Waals surface area contributed by atoms with Crippen molar-refractivity contribution in [3.8, 4) is 0 Å². The molecule has 1 aromatic rings. The number of hydrogen-bond donors (Lipinski definition) is 1. The van der Waals surface area contributed by atoms with Crippen LogP contribution >= 0.6 is 0 Å². The molecule has 0 aliphatic carbocycles. The first-order valence-corrected chi connectivity index (χ1v) is 9.07. The van der Waals surface area contributed by atoms with E-state index in [1.807, 2.05) is 22.9 Å². The van der Waals surface area contributed by atoms with Crippen molar-refractivity contribution in [1.29, 1.82) is 0 Å². The Balaban J connectivity index is 1.71. The molecule has 1 fully saturated rings. The highest BCUT2D eigenvalue weighted by atomic mass is 16.2. The lowest BCUT2D eigenvalue weighted by molar-refractivity contribution is -0.134. The summed E-state index contributed by atoms with van der Waals surface area (Å²) < 4.78 is 0. The minimum absolute atomic E-state index is 0.0416. The summed E-state index contributed by atoms with van der Waals surface area (Å²) in [7, 11) is 2.04. The number of anilines is 1. The van der Waals surface area contributed by atoms with Crippen LogP contribution in [0.25, 0.3) is 6.08 Å². The van der Waals surface area contributed by atoms with Gasteiger partial charge in [-0.25, -0.2) is 4.98 Å². The maximum Gasteiger partial charge on any atom is 0.239 e. The lowest BCUT2D eigenvalue weighted by Gasteiger charge is -2.33. The molecular formula is C19H25N5O3. The van der Waals surface area contributed by atoms with Crippen molar-refractivity contribution in [2.75, 3.05) is 51.6 Å². The van der Waals surface area contributed by atoms with Crippen LogP contribution in [0.4, 0.5) is 5.82 Å². The third-order valence-electron chi connectivity index (χ3n) is 4.73. The van der Waals surface area contributed by atoms with E-state index in [2.05, 4.69) is 15.2 Å². The molecule has 0 radical (unpaired) electrons. The Morgan fingerprint density at radius 1 is 1.22 bits per heavy atom. The Hall–Kier alpha value is -2.58. The van der Waals surface area contributed by atoms with Gasteiger partial charge in [-0.3, -0.25) is 19.3 Å². The summed E-state index contributed by atoms with van der Waals surface area (Å²) in [5, 5.41) is 2.79. The predicted octanol–water partition coefficient (Wildman–Crippen LogP) is 0.212. The van der Waals surface area contributed by atoms with Crippen LogP contribution in [0, 0.1) is 0 Å². The number of ketones is 1. The number of aromatic nitrogens is 1. The lowest BCUT2D eigenvalue weighted by Crippen LogP contribution is -2.50. The van der Waals surface area contributed by atoms with Crippen molar-refractivity contribution in [1.82, 2.24) is 19.7 Å². The molecule has 3 heterocycles. The first-order chi connectivity index (χ1) is 12.9. The highest BCUT2D eigenvalue weighted by Crippen LogP contribution is 2.20. The summed E-state index contributed by atoms with van der Waals surface area (Å²) in [5.41, 5.74) is 1.61. The average Bonchev–Trinajstić information content (AvgIpc) is 2.77. The Morgan fingerprint density at radius 2 is 1.96 bits per heavy atom. The van der Waals surface area contributed by atoms with Crippen LogP contribution in [0.1, 0.15) is 18.1 Å². The molecule has 2 amide bonds. The molecule has 2 aliphatic rings. The number of nitrogens with one attached hydrogen (secondary N) is 1. The third-order valence-corrected chi connectivity index (χ3v) is 4.73. The fourth-order valence-corrected chi connectivity index (χ4v) is 3.20. The average molecular weight is 371 g/mol. The number of rotatable bonds is 4. The van der Waals surface area contributed by atoms with Crippen LogP contribution in [0.3, 0.4) is 0 Å². The second kappa shape index (κ2) is 8.41. The molecule has 0 atom stereocenters. The smallest absolute Gasteiger partial charge is 0.239 e. The SMILES string of the molecule is CC(=O)/C=C/c1cnc2c(c1)CN(CC(=O)N1CCN(C)CC1)CC(=O)N2. The number of likely N-dealkylation sites (N-methyl/N-ethyl adjacent to an activating group) is 1. The summed E-state index contributed by atoms with van der Waals surface area (Å²) in [4.78, 5) is 46.1. The molecule has 1 aromatic heterocycles. The zero-order valence-electron chi connectivity index (χ0n) is 15.8. The van der Waals surface area contributed by atoms with E-state index >= 15 is 0 Å². The quantitative estimate of drug-likeness (QED) is 0.762. The van der Waals surface area contributed by atoms with E-state index in [4.69, 9.17) is 0 Å². The summed E-state index contributed by atoms with van der Waals surface area (Å²) >= 11 is 0. The van der Waals surface area contributed by atoms with Gasteiger partial charge >= 0.3 is 0 Å². The van der Waals surface area contributed by atoms with Crippen molar-refractivity contribution < 1.29 is 14.4 Å². The molecule has 1 saturated heterocycles. The lowest BCUT2D eigenvalue weighted by atomic mass is 10.1. The van der Waals surface area contributed by atoms with Crippen LogP contribution in [0.5, 0.6) is 0 Å². The van der Waals surface area contributed by atoms with Crippen LogP contribution < -0.4 is 5.32 Å². The molecule has 0 bridgehead atoms. The maximum absolute atomic E-state index is 12.6. The largest absolute Gasteiger partial charge is 0.339 e. The monoisotopic (exact) mass is 371 g/mol. The van der Waals surface area contributed by atoms with E-state index in [1.54, 1.807) is 12.3 Å². The van der Waals surface area contributed by atoms with Gasteiger partial charge in [-0.15, -0.1) is 0 Å². The van der Waals surface area contributed by atoms with Crippen molar-refractivity contribution in [3.05, 3.63) is 29.5 Å². The van der Waals surface area contributed by atoms with Crippen molar-refractivity contribution >= 4 is 29.5 Å². The summed E-state index contributed by atoms with van der Waals surface area (Å²) in [5.74, 6) is 0.326. The molecule has 0 unspecified atom stereocenters. The summed E-state index contributed by atoms with van der Waals surface area (Å²) in [6.07, 6.45) is 4.79. The number of pyridine rings is 1. The van der Waals surface area contributed by atoms with Gasteiger partial charge in [-0.05, 0) is 37.8 Å². The van der Waals surface area contributed by atoms with Crippen LogP contribution in [0.2, 0.25) is 0 Å². The Kier molecular flexibility index (Phi) is 5.98. The van der Waals surface area contributed by atoms with Gasteiger partial charge in [0.2, 0.25) is 11.8 Å². The first-order valence-electron chi connectivity index (χ1n) is 9.07. The van der Waals surface area contributed by atoms with Gasteiger partial charge in [0, 0.05) is 44.5 Å². The minimum Gasteiger partial charge on any atom is -0.339 e. The van der Waals surface area contributed by atoms with Gasteiger partial charge in [0.15, 0.2) is 5.78 Å². The minimum atomic E-state index is -0.181. The Bertz CT molecular complexity index is 769. The van der Waals surface area contributed by atoms with E-state index in [0.717, 1.165) is 24.2 Å². The van der Waals surface area contributed by atoms with Gasteiger partial charge in [0.25, 0.3) is 0 Å². The summed E-state index contributed by atoms with van der Waals surface area (Å²) in [6.45, 7) is 5.44. The maximum atomic E-state index is 12.6. The molecule has 27 heavy (non-hydrogen) atoms. The topological polar surface area (TPSA) is 85.9 Å². The molecule has 0 saturated carbocycles. The zero-order valence-corrected chi connectivity index (χ0v) is 15.8. The Labute approximate surface area is 158 Å². The van der Waals surface area contributed by atoms with Crippen molar-refractivity contribution in [2.45, 2.75) is 13.5 Å². The van der Waals surface area contributed by atoms with Gasteiger partial charge in [-0.2, -0.15) is 0 Å². The summed E-state index contributed by atoms with van der Waals surface area (Å²) in [6, 6.07) is 1.89. The second-order valence-electron chi connectivity index (χ2n) is 7.10. The third kappa shape index (κ3) is 5.21. The molecule has 0 spiro atoms. The normalized spacial score (nSPS) is 18.9. The predicted molar refractivity (Wildman–Crippen MR) is 102 cm³/mol. The van der Waals surface area contributed by atoms with Crippen molar-refractivity contribution in [2.24, 2.45) is 0 Å². The number of carbonyl (C=O) groups is 3. The van der Waals surface area contributed by atoms with Gasteiger partial charge in [-0.1, -0.05) is 0 Å². The standard InChI is InChI=1S/C19H25N5O3/c1-14(25)3-4-15-9-16-11-23(12-17(26)21-19(16)20-10-15)13-18(27)24-7-5-22(2)6-8-24/h3-4,9-10H,5-8,11-13H2,1-2H3,(H,20,21,26)/b4-3+. The number of carbonyl (C=O) groups excluding carboxylic acids is 3. The number of allylic oxidation sites excluding steroid dienone is 1. The highest BCUT2D eigenvalue weighted by Gasteiger charge is 2.25. The Morgan fingerprint density at radius 3 is 2.67 bits per heavy atom. The molecular weight excluding hydrogens is 346 g/mol. The van der Waals surface area contributed by atoms with E-state index in [9.17, 15) is 14.4 Å². The molecule has 8 heteroatoms. The molecule has 144 valence electrons. The van der Waals surface area contributed by atoms with E-state index in [1.165, 1.54) is 13.0 Å².